The Balaban J connectivity index is 1.71. The zero-order chi connectivity index (χ0) is 23.1. The second-order valence-electron chi connectivity index (χ2n) is 7.28. The Kier molecular flexibility index (Phi) is 7.91. The topological polar surface area (TPSA) is 117 Å². The number of amides is 4. The van der Waals surface area contributed by atoms with Crippen LogP contribution in [0.25, 0.3) is 0 Å². The lowest BCUT2D eigenvalue weighted by atomic mass is 10.2. The van der Waals surface area contributed by atoms with Crippen molar-refractivity contribution in [1.29, 1.82) is 0 Å². The third kappa shape index (κ3) is 5.89. The van der Waals surface area contributed by atoms with Crippen LogP contribution in [0.4, 0.5) is 10.5 Å². The molecule has 0 bridgehead atoms. The van der Waals surface area contributed by atoms with Gasteiger partial charge in [-0.2, -0.15) is 0 Å². The highest BCUT2D eigenvalue weighted by Gasteiger charge is 2.42. The second-order valence-corrected chi connectivity index (χ2v) is 7.71. The van der Waals surface area contributed by atoms with Crippen LogP contribution in [-0.4, -0.2) is 66.6 Å². The standard InChI is InChI=1S/C22H26ClN5O4/c1-15-3-2-4-17(13-15)26-22(31)28-12-11-27(21(28)20(30)25-10-9-24)19(29)14-32-18-7-5-16(23)6-8-18/h2-8,13,21H,9-12,14,24H2,1H3,(H,25,30)(H,26,31). The van der Waals surface area contributed by atoms with Crippen molar-refractivity contribution in [3.8, 4) is 5.75 Å². The minimum absolute atomic E-state index is 0.199. The number of hydrogen-bond acceptors (Lipinski definition) is 5. The molecule has 2 aromatic carbocycles. The molecule has 1 aliphatic rings. The van der Waals surface area contributed by atoms with E-state index < -0.39 is 24.0 Å². The summed E-state index contributed by atoms with van der Waals surface area (Å²) in [5.41, 5.74) is 7.07. The summed E-state index contributed by atoms with van der Waals surface area (Å²) in [7, 11) is 0. The molecule has 10 heteroatoms. The minimum atomic E-state index is -1.10. The van der Waals surface area contributed by atoms with Gasteiger partial charge in [0.15, 0.2) is 12.8 Å². The fourth-order valence-corrected chi connectivity index (χ4v) is 3.47. The van der Waals surface area contributed by atoms with Crippen LogP contribution >= 0.6 is 11.6 Å². The molecule has 0 aromatic heterocycles. The zero-order valence-corrected chi connectivity index (χ0v) is 18.5. The molecular weight excluding hydrogens is 434 g/mol. The van der Waals surface area contributed by atoms with Crippen molar-refractivity contribution in [1.82, 2.24) is 15.1 Å². The highest BCUT2D eigenvalue weighted by molar-refractivity contribution is 6.30. The number of nitrogens with two attached hydrogens (primary N) is 1. The predicted octanol–water partition coefficient (Wildman–Crippen LogP) is 1.80. The molecule has 0 aliphatic carbocycles. The Labute approximate surface area is 191 Å². The van der Waals surface area contributed by atoms with Crippen LogP contribution in [-0.2, 0) is 9.59 Å². The maximum atomic E-state index is 12.9. The van der Waals surface area contributed by atoms with Gasteiger partial charge in [-0.25, -0.2) is 4.79 Å². The van der Waals surface area contributed by atoms with E-state index in [9.17, 15) is 14.4 Å². The highest BCUT2D eigenvalue weighted by atomic mass is 35.5. The van der Waals surface area contributed by atoms with Gasteiger partial charge in [-0.3, -0.25) is 14.5 Å². The van der Waals surface area contributed by atoms with E-state index in [1.54, 1.807) is 30.3 Å². The molecular formula is C22H26ClN5O4. The van der Waals surface area contributed by atoms with Crippen molar-refractivity contribution in [2.75, 3.05) is 38.1 Å². The number of carbonyl (C=O) groups is 3. The highest BCUT2D eigenvalue weighted by Crippen LogP contribution is 2.20. The molecule has 170 valence electrons. The molecule has 4 amide bonds. The molecule has 0 radical (unpaired) electrons. The maximum absolute atomic E-state index is 12.9. The first-order valence-corrected chi connectivity index (χ1v) is 10.6. The molecule has 1 fully saturated rings. The van der Waals surface area contributed by atoms with E-state index in [1.807, 2.05) is 25.1 Å². The third-order valence-electron chi connectivity index (χ3n) is 4.88. The summed E-state index contributed by atoms with van der Waals surface area (Å²) in [6.45, 7) is 2.49. The molecule has 1 aliphatic heterocycles. The van der Waals surface area contributed by atoms with Crippen LogP contribution in [0, 0.1) is 6.92 Å². The van der Waals surface area contributed by atoms with E-state index >= 15 is 0 Å². The number of rotatable bonds is 7. The third-order valence-corrected chi connectivity index (χ3v) is 5.13. The molecule has 2 aromatic rings. The predicted molar refractivity (Wildman–Crippen MR) is 121 cm³/mol. The van der Waals surface area contributed by atoms with Crippen LogP contribution in [0.1, 0.15) is 5.56 Å². The lowest BCUT2D eigenvalue weighted by molar-refractivity contribution is -0.142. The Morgan fingerprint density at radius 1 is 1.12 bits per heavy atom. The molecule has 32 heavy (non-hydrogen) atoms. The van der Waals surface area contributed by atoms with E-state index in [4.69, 9.17) is 22.1 Å². The summed E-state index contributed by atoms with van der Waals surface area (Å²) in [5.74, 6) is -0.425. The first kappa shape index (κ1) is 23.4. The summed E-state index contributed by atoms with van der Waals surface area (Å²) in [6, 6.07) is 13.4. The second kappa shape index (κ2) is 10.8. The number of urea groups is 1. The van der Waals surface area contributed by atoms with E-state index in [1.165, 1.54) is 9.80 Å². The largest absolute Gasteiger partial charge is 0.484 e. The smallest absolute Gasteiger partial charge is 0.323 e. The summed E-state index contributed by atoms with van der Waals surface area (Å²) in [5, 5.41) is 6.00. The molecule has 3 rings (SSSR count). The lowest BCUT2D eigenvalue weighted by Crippen LogP contribution is -2.55. The molecule has 0 saturated carbocycles. The van der Waals surface area contributed by atoms with Crippen LogP contribution in [0.15, 0.2) is 48.5 Å². The van der Waals surface area contributed by atoms with Gasteiger partial charge in [0.1, 0.15) is 5.75 Å². The van der Waals surface area contributed by atoms with E-state index in [0.717, 1.165) is 5.56 Å². The van der Waals surface area contributed by atoms with E-state index in [2.05, 4.69) is 10.6 Å². The fraction of sp³-hybridized carbons (Fsp3) is 0.318. The number of aryl methyl sites for hydroxylation is 1. The number of anilines is 1. The van der Waals surface area contributed by atoms with Crippen LogP contribution in [0.2, 0.25) is 5.02 Å². The summed E-state index contributed by atoms with van der Waals surface area (Å²) >= 11 is 5.86. The van der Waals surface area contributed by atoms with Crippen LogP contribution < -0.4 is 21.1 Å². The average molecular weight is 460 g/mol. The lowest BCUT2D eigenvalue weighted by Gasteiger charge is -2.29. The van der Waals surface area contributed by atoms with Gasteiger partial charge in [0.25, 0.3) is 11.8 Å². The van der Waals surface area contributed by atoms with Gasteiger partial charge >= 0.3 is 6.03 Å². The number of halogens is 1. The number of benzene rings is 2. The molecule has 0 spiro atoms. The van der Waals surface area contributed by atoms with Gasteiger partial charge in [0.2, 0.25) is 0 Å². The van der Waals surface area contributed by atoms with E-state index in [-0.39, 0.29) is 32.8 Å². The summed E-state index contributed by atoms with van der Waals surface area (Å²) in [6.07, 6.45) is -1.10. The Morgan fingerprint density at radius 2 is 1.84 bits per heavy atom. The molecule has 9 nitrogen and oxygen atoms in total. The number of nitrogens with one attached hydrogen (secondary N) is 2. The van der Waals surface area contributed by atoms with Gasteiger partial charge in [-0.05, 0) is 48.9 Å². The van der Waals surface area contributed by atoms with Gasteiger partial charge < -0.3 is 26.0 Å². The van der Waals surface area contributed by atoms with Gasteiger partial charge in [-0.1, -0.05) is 23.7 Å². The normalized spacial score (nSPS) is 15.4. The first-order valence-electron chi connectivity index (χ1n) is 10.2. The number of carbonyl (C=O) groups excluding carboxylic acids is 3. The van der Waals surface area contributed by atoms with Crippen molar-refractivity contribution in [3.05, 3.63) is 59.1 Å². The Bertz CT molecular complexity index is 969. The Hall–Kier alpha value is -3.30. The minimum Gasteiger partial charge on any atom is -0.484 e. The first-order chi connectivity index (χ1) is 15.4. The van der Waals surface area contributed by atoms with Crippen molar-refractivity contribution in [2.24, 2.45) is 5.73 Å². The number of ether oxygens (including phenoxy) is 1. The SMILES string of the molecule is Cc1cccc(NC(=O)N2CCN(C(=O)COc3ccc(Cl)cc3)C2C(=O)NCCN)c1. The van der Waals surface area contributed by atoms with Crippen molar-refractivity contribution >= 4 is 35.1 Å². The molecule has 4 N–H and O–H groups in total. The quantitative estimate of drug-likeness (QED) is 0.583. The van der Waals surface area contributed by atoms with Gasteiger partial charge in [-0.15, -0.1) is 0 Å². The van der Waals surface area contributed by atoms with E-state index in [0.29, 0.717) is 16.5 Å². The maximum Gasteiger partial charge on any atom is 0.323 e. The van der Waals surface area contributed by atoms with Crippen LogP contribution in [0.3, 0.4) is 0 Å². The zero-order valence-electron chi connectivity index (χ0n) is 17.7. The molecule has 1 atom stereocenters. The fourth-order valence-electron chi connectivity index (χ4n) is 3.35. The van der Waals surface area contributed by atoms with Crippen molar-refractivity contribution in [3.63, 3.8) is 0 Å². The monoisotopic (exact) mass is 459 g/mol. The van der Waals surface area contributed by atoms with Gasteiger partial charge in [0.05, 0.1) is 0 Å². The average Bonchev–Trinajstić information content (AvgIpc) is 3.22. The van der Waals surface area contributed by atoms with Crippen LogP contribution in [0.5, 0.6) is 5.75 Å². The summed E-state index contributed by atoms with van der Waals surface area (Å²) < 4.78 is 5.53. The summed E-state index contributed by atoms with van der Waals surface area (Å²) in [4.78, 5) is 41.3. The van der Waals surface area contributed by atoms with Crippen molar-refractivity contribution < 1.29 is 19.1 Å². The Morgan fingerprint density at radius 3 is 2.53 bits per heavy atom. The molecule has 1 heterocycles. The number of hydrogen-bond donors (Lipinski definition) is 3. The molecule has 1 unspecified atom stereocenters. The number of nitrogens with zero attached hydrogens (tertiary/aromatic N) is 2. The molecule has 1 saturated heterocycles. The van der Waals surface area contributed by atoms with Gasteiger partial charge in [0, 0.05) is 36.9 Å². The van der Waals surface area contributed by atoms with Crippen molar-refractivity contribution in [2.45, 2.75) is 13.1 Å².